The van der Waals surface area contributed by atoms with Crippen LogP contribution in [0.2, 0.25) is 0 Å². The molecule has 1 aromatic rings. The summed E-state index contributed by atoms with van der Waals surface area (Å²) in [5.74, 6) is -0.274. The summed E-state index contributed by atoms with van der Waals surface area (Å²) < 4.78 is 11.2. The second kappa shape index (κ2) is 3.68. The van der Waals surface area contributed by atoms with E-state index in [0.717, 1.165) is 0 Å². The molecule has 0 fully saturated rings. The van der Waals surface area contributed by atoms with Crippen LogP contribution >= 0.6 is 0 Å². The van der Waals surface area contributed by atoms with E-state index in [2.05, 4.69) is 9.72 Å². The maximum absolute atomic E-state index is 10.4. The molecule has 1 aromatic heterocycles. The van der Waals surface area contributed by atoms with Gasteiger partial charge in [0.1, 0.15) is 12.8 Å². The van der Waals surface area contributed by atoms with E-state index in [-0.39, 0.29) is 18.4 Å². The van der Waals surface area contributed by atoms with Gasteiger partial charge in [-0.15, -0.1) is 0 Å². The van der Waals surface area contributed by atoms with E-state index in [4.69, 9.17) is 10.5 Å². The molecule has 1 unspecified atom stereocenters. The number of rotatable bonds is 3. The van der Waals surface area contributed by atoms with Crippen LogP contribution in [0.5, 0.6) is 6.01 Å². The summed E-state index contributed by atoms with van der Waals surface area (Å²) in [7, 11) is 0. The first kappa shape index (κ1) is 10.2. The minimum absolute atomic E-state index is 0.00745. The fourth-order valence-corrected chi connectivity index (χ4v) is 1.37. The van der Waals surface area contributed by atoms with Crippen LogP contribution in [0.15, 0.2) is 6.20 Å². The number of nitrogens with zero attached hydrogens (tertiary/aromatic N) is 3. The number of fused-ring (bicyclic) bond motifs is 1. The molecule has 9 heteroatoms. The quantitative estimate of drug-likeness (QED) is 0.557. The summed E-state index contributed by atoms with van der Waals surface area (Å²) in [6.07, 6.45) is -0.0329. The minimum atomic E-state index is -0.890. The first-order chi connectivity index (χ1) is 7.56. The SMILES string of the molecule is NC(=O)OCC1Cn2cc([N+](=O)[O-])nc2O1. The summed E-state index contributed by atoms with van der Waals surface area (Å²) in [5, 5.41) is 10.4. The second-order valence-electron chi connectivity index (χ2n) is 3.16. The third kappa shape index (κ3) is 1.87. The largest absolute Gasteiger partial charge is 0.446 e. The Balaban J connectivity index is 1.98. The van der Waals surface area contributed by atoms with E-state index in [1.165, 1.54) is 10.8 Å². The number of hydrogen-bond acceptors (Lipinski definition) is 6. The van der Waals surface area contributed by atoms with Crippen LogP contribution in [0.1, 0.15) is 0 Å². The van der Waals surface area contributed by atoms with E-state index < -0.39 is 17.1 Å². The molecule has 1 aliphatic rings. The third-order valence-electron chi connectivity index (χ3n) is 2.00. The molecule has 0 saturated carbocycles. The zero-order chi connectivity index (χ0) is 11.7. The number of aromatic nitrogens is 2. The van der Waals surface area contributed by atoms with Gasteiger partial charge in [-0.1, -0.05) is 0 Å². The van der Waals surface area contributed by atoms with Gasteiger partial charge in [0.25, 0.3) is 0 Å². The molecule has 0 bridgehead atoms. The Kier molecular flexibility index (Phi) is 2.35. The van der Waals surface area contributed by atoms with Crippen molar-refractivity contribution in [2.24, 2.45) is 5.73 Å². The van der Waals surface area contributed by atoms with Crippen molar-refractivity contribution in [1.29, 1.82) is 0 Å². The summed E-state index contributed by atoms with van der Waals surface area (Å²) in [6, 6.07) is 0.143. The predicted molar refractivity (Wildman–Crippen MR) is 48.8 cm³/mol. The van der Waals surface area contributed by atoms with E-state index in [1.807, 2.05) is 0 Å². The van der Waals surface area contributed by atoms with Gasteiger partial charge in [-0.3, -0.25) is 4.57 Å². The van der Waals surface area contributed by atoms with Crippen molar-refractivity contribution in [3.8, 4) is 6.01 Å². The Hall–Kier alpha value is -2.32. The van der Waals surface area contributed by atoms with E-state index >= 15 is 0 Å². The highest BCUT2D eigenvalue weighted by molar-refractivity contribution is 5.64. The maximum atomic E-state index is 10.4. The van der Waals surface area contributed by atoms with Crippen molar-refractivity contribution < 1.29 is 19.2 Å². The maximum Gasteiger partial charge on any atom is 0.414 e. The second-order valence-corrected chi connectivity index (χ2v) is 3.16. The van der Waals surface area contributed by atoms with Gasteiger partial charge in [0.05, 0.1) is 6.54 Å². The molecule has 0 radical (unpaired) electrons. The van der Waals surface area contributed by atoms with Crippen molar-refractivity contribution in [2.45, 2.75) is 12.6 Å². The van der Waals surface area contributed by atoms with Crippen LogP contribution in [0.3, 0.4) is 0 Å². The highest BCUT2D eigenvalue weighted by Gasteiger charge is 2.31. The highest BCUT2D eigenvalue weighted by atomic mass is 16.6. The van der Waals surface area contributed by atoms with E-state index in [9.17, 15) is 14.9 Å². The van der Waals surface area contributed by atoms with E-state index in [0.29, 0.717) is 6.54 Å². The number of imidazole rings is 1. The van der Waals surface area contributed by atoms with Gasteiger partial charge in [-0.25, -0.2) is 4.79 Å². The molecule has 2 N–H and O–H groups in total. The molecule has 0 aliphatic carbocycles. The molecule has 9 nitrogen and oxygen atoms in total. The standard InChI is InChI=1S/C7H8N4O5/c8-6(12)15-3-4-1-10-2-5(11(13)14)9-7(10)16-4/h2,4H,1,3H2,(H2,8,12). The summed E-state index contributed by atoms with van der Waals surface area (Å²) >= 11 is 0. The summed E-state index contributed by atoms with van der Waals surface area (Å²) in [5.41, 5.74) is 4.79. The third-order valence-corrected chi connectivity index (χ3v) is 2.00. The molecule has 1 atom stereocenters. The molecule has 16 heavy (non-hydrogen) atoms. The van der Waals surface area contributed by atoms with Gasteiger partial charge in [-0.05, 0) is 4.92 Å². The number of carbonyl (C=O) groups is 1. The normalized spacial score (nSPS) is 17.6. The first-order valence-electron chi connectivity index (χ1n) is 4.36. The van der Waals surface area contributed by atoms with Crippen molar-refractivity contribution >= 4 is 11.9 Å². The molecule has 2 rings (SSSR count). The summed E-state index contributed by atoms with van der Waals surface area (Å²) in [6.45, 7) is 0.329. The fraction of sp³-hybridized carbons (Fsp3) is 0.429. The Morgan fingerprint density at radius 1 is 1.88 bits per heavy atom. The van der Waals surface area contributed by atoms with Gasteiger partial charge < -0.3 is 25.3 Å². The molecular formula is C7H8N4O5. The molecule has 1 aliphatic heterocycles. The number of amides is 1. The van der Waals surface area contributed by atoms with Crippen LogP contribution in [-0.4, -0.2) is 33.3 Å². The highest BCUT2D eigenvalue weighted by Crippen LogP contribution is 2.24. The minimum Gasteiger partial charge on any atom is -0.446 e. The number of primary amides is 1. The zero-order valence-corrected chi connectivity index (χ0v) is 8.03. The molecule has 86 valence electrons. The lowest BCUT2D eigenvalue weighted by Crippen LogP contribution is -2.26. The van der Waals surface area contributed by atoms with Gasteiger partial charge in [0.2, 0.25) is 0 Å². The van der Waals surface area contributed by atoms with Crippen molar-refractivity contribution in [1.82, 2.24) is 9.55 Å². The van der Waals surface area contributed by atoms with Crippen LogP contribution in [-0.2, 0) is 11.3 Å². The first-order valence-corrected chi connectivity index (χ1v) is 4.36. The van der Waals surface area contributed by atoms with Crippen LogP contribution < -0.4 is 10.5 Å². The number of ether oxygens (including phenoxy) is 2. The molecule has 0 saturated heterocycles. The number of hydrogen-bond donors (Lipinski definition) is 1. The number of nitro groups is 1. The lowest BCUT2D eigenvalue weighted by molar-refractivity contribution is -0.389. The fourth-order valence-electron chi connectivity index (χ4n) is 1.37. The smallest absolute Gasteiger partial charge is 0.414 e. The predicted octanol–water partition coefficient (Wildman–Crippen LogP) is -0.352. The average molecular weight is 228 g/mol. The van der Waals surface area contributed by atoms with Crippen molar-refractivity contribution in [3.05, 3.63) is 16.3 Å². The molecule has 0 spiro atoms. The lowest BCUT2D eigenvalue weighted by atomic mass is 10.4. The Bertz CT molecular complexity index is 418. The summed E-state index contributed by atoms with van der Waals surface area (Å²) in [4.78, 5) is 23.8. The van der Waals surface area contributed by atoms with Gasteiger partial charge in [0, 0.05) is 4.98 Å². The average Bonchev–Trinajstić information content (AvgIpc) is 2.70. The zero-order valence-electron chi connectivity index (χ0n) is 8.03. The topological polar surface area (TPSA) is 123 Å². The molecule has 2 heterocycles. The Morgan fingerprint density at radius 3 is 3.19 bits per heavy atom. The van der Waals surface area contributed by atoms with Crippen LogP contribution in [0.25, 0.3) is 0 Å². The molecule has 1 amide bonds. The Labute approximate surface area is 88.9 Å². The number of nitrogens with two attached hydrogens (primary N) is 1. The van der Waals surface area contributed by atoms with Crippen molar-refractivity contribution in [2.75, 3.05) is 6.61 Å². The lowest BCUT2D eigenvalue weighted by Gasteiger charge is -2.07. The number of carbonyl (C=O) groups excluding carboxylic acids is 1. The van der Waals surface area contributed by atoms with Crippen LogP contribution in [0.4, 0.5) is 10.6 Å². The Morgan fingerprint density at radius 2 is 2.62 bits per heavy atom. The van der Waals surface area contributed by atoms with Gasteiger partial charge in [0.15, 0.2) is 6.10 Å². The van der Waals surface area contributed by atoms with Crippen LogP contribution in [0, 0.1) is 10.1 Å². The molecular weight excluding hydrogens is 220 g/mol. The monoisotopic (exact) mass is 228 g/mol. The van der Waals surface area contributed by atoms with Gasteiger partial charge >= 0.3 is 17.9 Å². The van der Waals surface area contributed by atoms with E-state index in [1.54, 1.807) is 0 Å². The van der Waals surface area contributed by atoms with Gasteiger partial charge in [-0.2, -0.15) is 0 Å². The molecule has 0 aromatic carbocycles. The van der Waals surface area contributed by atoms with Crippen molar-refractivity contribution in [3.63, 3.8) is 0 Å².